The molecule has 2 aliphatic rings. The van der Waals surface area contributed by atoms with Crippen molar-refractivity contribution in [3.8, 4) is 0 Å². The van der Waals surface area contributed by atoms with Gasteiger partial charge in [0.15, 0.2) is 12.6 Å². The van der Waals surface area contributed by atoms with E-state index in [2.05, 4.69) is 62.5 Å². The summed E-state index contributed by atoms with van der Waals surface area (Å²) in [5.74, 6) is -0.390. The lowest BCUT2D eigenvalue weighted by molar-refractivity contribution is -0.332. The molecule has 2 heterocycles. The Bertz CT molecular complexity index is 1390. The fraction of sp³-hybridized carbons (Fsp3) is 0.847. The highest BCUT2D eigenvalue weighted by Crippen LogP contribution is 2.27. The third-order valence-corrected chi connectivity index (χ3v) is 13.8. The maximum Gasteiger partial charge on any atom is 0.306 e. The first kappa shape index (κ1) is 67.1. The molecule has 2 rings (SSSR count). The Balaban J connectivity index is 1.67. The molecular weight excluding hydrogens is 933 g/mol. The minimum atomic E-state index is -1.71. The number of carbonyl (C=O) groups excluding carboxylic acids is 1. The molecule has 426 valence electrons. The van der Waals surface area contributed by atoms with Crippen molar-refractivity contribution in [2.45, 2.75) is 287 Å². The molecule has 2 saturated heterocycles. The van der Waals surface area contributed by atoms with E-state index in [4.69, 9.17) is 28.4 Å². The number of hydrogen-bond donors (Lipinski definition) is 7. The van der Waals surface area contributed by atoms with Crippen molar-refractivity contribution in [3.05, 3.63) is 48.6 Å². The first-order valence-corrected chi connectivity index (χ1v) is 29.2. The van der Waals surface area contributed by atoms with Crippen molar-refractivity contribution >= 4 is 5.97 Å². The van der Waals surface area contributed by atoms with Gasteiger partial charge in [0.25, 0.3) is 0 Å². The van der Waals surface area contributed by atoms with Gasteiger partial charge in [0.2, 0.25) is 0 Å². The van der Waals surface area contributed by atoms with Gasteiger partial charge in [0.1, 0.15) is 54.9 Å². The molecule has 11 atom stereocenters. The highest BCUT2D eigenvalue weighted by Gasteiger charge is 2.47. The Morgan fingerprint density at radius 3 is 1.37 bits per heavy atom. The first-order chi connectivity index (χ1) is 35.6. The summed E-state index contributed by atoms with van der Waals surface area (Å²) in [5.41, 5.74) is 0. The fourth-order valence-electron chi connectivity index (χ4n) is 9.06. The van der Waals surface area contributed by atoms with E-state index in [1.807, 2.05) is 0 Å². The topological polar surface area (TPSA) is 214 Å². The van der Waals surface area contributed by atoms with Crippen molar-refractivity contribution in [1.29, 1.82) is 0 Å². The van der Waals surface area contributed by atoms with Crippen LogP contribution in [-0.2, 0) is 33.2 Å². The number of aliphatic hydroxyl groups is 7. The summed E-state index contributed by atoms with van der Waals surface area (Å²) in [7, 11) is 0. The van der Waals surface area contributed by atoms with Crippen LogP contribution in [0.4, 0.5) is 0 Å². The molecule has 2 aliphatic heterocycles. The van der Waals surface area contributed by atoms with Crippen LogP contribution in [0.3, 0.4) is 0 Å². The summed E-state index contributed by atoms with van der Waals surface area (Å²) < 4.78 is 34.3. The van der Waals surface area contributed by atoms with E-state index in [1.54, 1.807) is 0 Å². The van der Waals surface area contributed by atoms with Crippen LogP contribution in [0.15, 0.2) is 48.6 Å². The molecule has 0 saturated carbocycles. The molecular formula is C59H106O14. The Morgan fingerprint density at radius 2 is 0.877 bits per heavy atom. The largest absolute Gasteiger partial charge is 0.457 e. The molecule has 0 aromatic carbocycles. The van der Waals surface area contributed by atoms with E-state index >= 15 is 0 Å². The smallest absolute Gasteiger partial charge is 0.306 e. The highest BCUT2D eigenvalue weighted by molar-refractivity contribution is 5.69. The van der Waals surface area contributed by atoms with Crippen LogP contribution < -0.4 is 0 Å². The quantitative estimate of drug-likeness (QED) is 0.0172. The van der Waals surface area contributed by atoms with Gasteiger partial charge in [-0.3, -0.25) is 4.79 Å². The lowest BCUT2D eigenvalue weighted by Crippen LogP contribution is -2.61. The van der Waals surface area contributed by atoms with Gasteiger partial charge in [-0.25, -0.2) is 0 Å². The lowest BCUT2D eigenvalue weighted by Gasteiger charge is -2.42. The fourth-order valence-corrected chi connectivity index (χ4v) is 9.06. The van der Waals surface area contributed by atoms with Crippen LogP contribution in [0.5, 0.6) is 0 Å². The van der Waals surface area contributed by atoms with Crippen LogP contribution in [0.2, 0.25) is 0 Å². The van der Waals surface area contributed by atoms with E-state index < -0.39 is 80.7 Å². The maximum absolute atomic E-state index is 13.0. The van der Waals surface area contributed by atoms with Gasteiger partial charge in [0.05, 0.1) is 26.4 Å². The molecule has 0 radical (unpaired) electrons. The van der Waals surface area contributed by atoms with Crippen molar-refractivity contribution in [2.24, 2.45) is 0 Å². The summed E-state index contributed by atoms with van der Waals surface area (Å²) in [6, 6.07) is 0. The number of ether oxygens (including phenoxy) is 6. The van der Waals surface area contributed by atoms with Gasteiger partial charge in [-0.1, -0.05) is 191 Å². The second kappa shape index (κ2) is 46.1. The lowest BCUT2D eigenvalue weighted by atomic mass is 9.98. The normalized spacial score (nSPS) is 25.3. The van der Waals surface area contributed by atoms with Crippen molar-refractivity contribution in [2.75, 3.05) is 33.0 Å². The van der Waals surface area contributed by atoms with Gasteiger partial charge in [-0.2, -0.15) is 0 Å². The molecule has 0 amide bonds. The van der Waals surface area contributed by atoms with E-state index in [0.29, 0.717) is 13.0 Å². The van der Waals surface area contributed by atoms with Crippen LogP contribution in [-0.4, -0.2) is 142 Å². The summed E-state index contributed by atoms with van der Waals surface area (Å²) >= 11 is 0. The number of hydrogen-bond acceptors (Lipinski definition) is 14. The molecule has 73 heavy (non-hydrogen) atoms. The second-order valence-corrected chi connectivity index (χ2v) is 20.5. The number of allylic oxidation sites excluding steroid dienone is 8. The Morgan fingerprint density at radius 1 is 0.452 bits per heavy atom. The molecule has 2 fully saturated rings. The molecule has 0 aromatic rings. The van der Waals surface area contributed by atoms with Gasteiger partial charge >= 0.3 is 5.97 Å². The van der Waals surface area contributed by atoms with Crippen LogP contribution >= 0.6 is 0 Å². The van der Waals surface area contributed by atoms with Gasteiger partial charge in [0, 0.05) is 13.0 Å². The molecule has 0 spiro atoms. The van der Waals surface area contributed by atoms with Crippen LogP contribution in [0.25, 0.3) is 0 Å². The summed E-state index contributed by atoms with van der Waals surface area (Å²) in [5, 5.41) is 72.3. The monoisotopic (exact) mass is 1040 g/mol. The number of aliphatic hydroxyl groups excluding tert-OH is 7. The van der Waals surface area contributed by atoms with Crippen molar-refractivity contribution in [3.63, 3.8) is 0 Å². The van der Waals surface area contributed by atoms with Gasteiger partial charge < -0.3 is 64.2 Å². The van der Waals surface area contributed by atoms with E-state index in [9.17, 15) is 40.5 Å². The van der Waals surface area contributed by atoms with Crippen molar-refractivity contribution in [1.82, 2.24) is 0 Å². The number of carbonyl (C=O) groups is 1. The van der Waals surface area contributed by atoms with Crippen LogP contribution in [0.1, 0.15) is 219 Å². The summed E-state index contributed by atoms with van der Waals surface area (Å²) in [4.78, 5) is 13.0. The van der Waals surface area contributed by atoms with Gasteiger partial charge in [-0.15, -0.1) is 0 Å². The molecule has 7 N–H and O–H groups in total. The van der Waals surface area contributed by atoms with Crippen molar-refractivity contribution < 1.29 is 69.0 Å². The number of rotatable bonds is 47. The predicted octanol–water partition coefficient (Wildman–Crippen LogP) is 10.3. The Labute approximate surface area is 442 Å². The Kier molecular flexibility index (Phi) is 42.3. The summed E-state index contributed by atoms with van der Waals surface area (Å²) in [6.07, 6.45) is 39.0. The molecule has 0 aliphatic carbocycles. The zero-order chi connectivity index (χ0) is 53.0. The van der Waals surface area contributed by atoms with Gasteiger partial charge in [-0.05, 0) is 70.6 Å². The highest BCUT2D eigenvalue weighted by atomic mass is 16.7. The molecule has 11 unspecified atom stereocenters. The van der Waals surface area contributed by atoms with E-state index in [0.717, 1.165) is 70.6 Å². The van der Waals surface area contributed by atoms with E-state index in [-0.39, 0.29) is 25.6 Å². The zero-order valence-electron chi connectivity index (χ0n) is 45.6. The van der Waals surface area contributed by atoms with Crippen LogP contribution in [0, 0.1) is 0 Å². The molecule has 0 aromatic heterocycles. The third-order valence-electron chi connectivity index (χ3n) is 13.8. The number of unbranched alkanes of at least 4 members (excludes halogenated alkanes) is 25. The molecule has 14 nitrogen and oxygen atoms in total. The zero-order valence-corrected chi connectivity index (χ0v) is 45.6. The maximum atomic E-state index is 13.0. The minimum absolute atomic E-state index is 0.0556. The first-order valence-electron chi connectivity index (χ1n) is 29.2. The second-order valence-electron chi connectivity index (χ2n) is 20.5. The molecule has 14 heteroatoms. The minimum Gasteiger partial charge on any atom is -0.457 e. The third kappa shape index (κ3) is 33.0. The molecule has 0 bridgehead atoms. The predicted molar refractivity (Wildman–Crippen MR) is 289 cm³/mol. The standard InChI is InChI=1S/C59H106O14/c1-3-5-7-9-11-13-15-17-18-19-20-21-22-23-24-25-26-27-28-29-31-33-35-37-39-41-43-68-45-48(71-51(61)42-40-38-36-34-32-30-16-14-12-10-8-6-4-2)46-69-58-57(67)55(65)53(63)50(73-58)47-70-59-56(66)54(64)52(62)49(44-60)72-59/h8,10,14-17,19-20,48-50,52-60,62-67H,3-7,9,11-13,18,21-47H2,1-2H3/b10-8-,16-14-,17-15-,20-19-. The Hall–Kier alpha value is -2.05. The average Bonchev–Trinajstić information content (AvgIpc) is 3.39. The average molecular weight is 1040 g/mol. The van der Waals surface area contributed by atoms with E-state index in [1.165, 1.54) is 122 Å². The summed E-state index contributed by atoms with van der Waals surface area (Å²) in [6.45, 7) is 3.61. The number of esters is 1. The SMILES string of the molecule is CCC/C=C\C/C=C\CCCCCCCC(=O)OC(COCCCCCCCCCCCCCCCC/C=C\C/C=C\CCCCCCC)COC1OC(COC2OC(CO)C(O)C(O)C2O)C(O)C(O)C1O.